The molecule has 6 nitrogen and oxygen atoms in total. The van der Waals surface area contributed by atoms with Gasteiger partial charge >= 0.3 is 0 Å². The average Bonchev–Trinajstić information content (AvgIpc) is 3.42. The van der Waals surface area contributed by atoms with Crippen molar-refractivity contribution in [3.05, 3.63) is 45.8 Å². The van der Waals surface area contributed by atoms with E-state index in [1.807, 2.05) is 12.1 Å². The number of hydrogen-bond acceptors (Lipinski definition) is 6. The zero-order chi connectivity index (χ0) is 19.5. The van der Waals surface area contributed by atoms with Crippen LogP contribution in [0.5, 0.6) is 0 Å². The van der Waals surface area contributed by atoms with Crippen LogP contribution in [0.3, 0.4) is 0 Å². The number of nitrogens with zero attached hydrogens (tertiary/aromatic N) is 3. The first-order chi connectivity index (χ1) is 13.7. The molecule has 0 atom stereocenters. The summed E-state index contributed by atoms with van der Waals surface area (Å²) < 4.78 is 0. The van der Waals surface area contributed by atoms with Crippen molar-refractivity contribution in [1.82, 2.24) is 15.2 Å². The largest absolute Gasteiger partial charge is 0.316 e. The molecule has 28 heavy (non-hydrogen) atoms. The number of aryl methyl sites for hydroxylation is 2. The average molecular weight is 410 g/mol. The number of benzene rings is 1. The molecule has 0 saturated carbocycles. The highest BCUT2D eigenvalue weighted by Crippen LogP contribution is 2.38. The zero-order valence-corrected chi connectivity index (χ0v) is 17.0. The topological polar surface area (TPSA) is 94.5 Å². The molecule has 0 radical (unpaired) electrons. The molecule has 8 heteroatoms. The van der Waals surface area contributed by atoms with Crippen molar-refractivity contribution in [2.75, 3.05) is 11.1 Å². The van der Waals surface area contributed by atoms with Crippen LogP contribution in [0.1, 0.15) is 34.9 Å². The van der Waals surface area contributed by atoms with Gasteiger partial charge in [0.05, 0.1) is 11.3 Å². The summed E-state index contributed by atoms with van der Waals surface area (Å²) in [7, 11) is 0. The number of carbonyl (C=O) groups is 1. The van der Waals surface area contributed by atoms with E-state index >= 15 is 0 Å². The molecule has 0 spiro atoms. The van der Waals surface area contributed by atoms with Crippen LogP contribution in [0.25, 0.3) is 11.4 Å². The number of carbonyl (C=O) groups excluding carboxylic acids is 1. The second-order valence-electron chi connectivity index (χ2n) is 6.53. The molecule has 2 heterocycles. The van der Waals surface area contributed by atoms with E-state index in [2.05, 4.69) is 45.6 Å². The third-order valence-electron chi connectivity index (χ3n) is 4.72. The Morgan fingerprint density at radius 1 is 1.36 bits per heavy atom. The molecule has 1 aliphatic carbocycles. The molecule has 0 aliphatic heterocycles. The predicted molar refractivity (Wildman–Crippen MR) is 112 cm³/mol. The number of thioether (sulfide) groups is 1. The van der Waals surface area contributed by atoms with Crippen LogP contribution in [0.4, 0.5) is 5.00 Å². The summed E-state index contributed by atoms with van der Waals surface area (Å²) in [4.78, 5) is 18.0. The van der Waals surface area contributed by atoms with Crippen molar-refractivity contribution in [2.45, 2.75) is 37.8 Å². The monoisotopic (exact) mass is 409 g/mol. The van der Waals surface area contributed by atoms with Crippen LogP contribution < -0.4 is 5.32 Å². The van der Waals surface area contributed by atoms with Crippen LogP contribution >= 0.6 is 23.1 Å². The fraction of sp³-hybridized carbons (Fsp3) is 0.300. The standard InChI is InChI=1S/C20H19N5OS2/c1-2-12-6-8-13(9-7-12)18-23-20(25-24-18)27-11-17(26)22-19-15(10-21)14-4-3-5-16(14)28-19/h6-9H,2-5,11H2,1H3,(H,22,26)(H,23,24,25). The van der Waals surface area contributed by atoms with Crippen LogP contribution in [-0.2, 0) is 24.1 Å². The van der Waals surface area contributed by atoms with Crippen molar-refractivity contribution in [3.63, 3.8) is 0 Å². The molecular weight excluding hydrogens is 390 g/mol. The van der Waals surface area contributed by atoms with E-state index in [1.54, 1.807) is 0 Å². The second-order valence-corrected chi connectivity index (χ2v) is 8.57. The fourth-order valence-corrected chi connectivity index (χ4v) is 5.10. The summed E-state index contributed by atoms with van der Waals surface area (Å²) in [6.45, 7) is 2.12. The van der Waals surface area contributed by atoms with Gasteiger partial charge in [0.1, 0.15) is 11.1 Å². The summed E-state index contributed by atoms with van der Waals surface area (Å²) in [5.74, 6) is 0.728. The smallest absolute Gasteiger partial charge is 0.235 e. The Kier molecular flexibility index (Phi) is 5.46. The number of aromatic nitrogens is 3. The van der Waals surface area contributed by atoms with E-state index in [0.717, 1.165) is 36.8 Å². The third kappa shape index (κ3) is 3.81. The van der Waals surface area contributed by atoms with Crippen molar-refractivity contribution in [1.29, 1.82) is 5.26 Å². The molecule has 1 amide bonds. The lowest BCUT2D eigenvalue weighted by Crippen LogP contribution is -2.14. The Morgan fingerprint density at radius 2 is 2.18 bits per heavy atom. The number of nitrogens with one attached hydrogen (secondary N) is 2. The van der Waals surface area contributed by atoms with E-state index in [4.69, 9.17) is 0 Å². The number of thiophene rings is 1. The summed E-state index contributed by atoms with van der Waals surface area (Å²) in [6, 6.07) is 10.4. The van der Waals surface area contributed by atoms with Gasteiger partial charge in [-0.3, -0.25) is 9.89 Å². The summed E-state index contributed by atoms with van der Waals surface area (Å²) in [6.07, 6.45) is 4.01. The Balaban J connectivity index is 1.37. The Morgan fingerprint density at radius 3 is 2.93 bits per heavy atom. The van der Waals surface area contributed by atoms with Gasteiger partial charge in [-0.05, 0) is 36.8 Å². The van der Waals surface area contributed by atoms with Gasteiger partial charge in [0.2, 0.25) is 11.1 Å². The summed E-state index contributed by atoms with van der Waals surface area (Å²) >= 11 is 2.80. The highest BCUT2D eigenvalue weighted by Gasteiger charge is 2.23. The van der Waals surface area contributed by atoms with Crippen LogP contribution in [0.2, 0.25) is 0 Å². The molecule has 2 N–H and O–H groups in total. The van der Waals surface area contributed by atoms with Gasteiger partial charge in [-0.1, -0.05) is 43.0 Å². The number of hydrogen-bond donors (Lipinski definition) is 2. The lowest BCUT2D eigenvalue weighted by molar-refractivity contribution is -0.113. The minimum atomic E-state index is -0.153. The van der Waals surface area contributed by atoms with Crippen molar-refractivity contribution in [3.8, 4) is 17.5 Å². The van der Waals surface area contributed by atoms with Crippen LogP contribution in [0, 0.1) is 11.3 Å². The molecule has 0 unspecified atom stereocenters. The maximum absolute atomic E-state index is 12.3. The number of H-pyrrole nitrogens is 1. The molecule has 2 aromatic heterocycles. The molecule has 0 saturated heterocycles. The Hall–Kier alpha value is -2.63. The maximum atomic E-state index is 12.3. The van der Waals surface area contributed by atoms with Gasteiger partial charge in [0.15, 0.2) is 5.82 Å². The minimum Gasteiger partial charge on any atom is -0.316 e. The molecule has 0 fully saturated rings. The normalized spacial score (nSPS) is 12.6. The Labute approximate surface area is 171 Å². The lowest BCUT2D eigenvalue weighted by atomic mass is 10.1. The minimum absolute atomic E-state index is 0.153. The number of nitriles is 1. The molecule has 1 aromatic carbocycles. The first kappa shape index (κ1) is 18.7. The quantitative estimate of drug-likeness (QED) is 0.596. The van der Waals surface area contributed by atoms with E-state index in [9.17, 15) is 10.1 Å². The third-order valence-corrected chi connectivity index (χ3v) is 6.77. The van der Waals surface area contributed by atoms with Crippen molar-refractivity contribution in [2.24, 2.45) is 0 Å². The van der Waals surface area contributed by atoms with Gasteiger partial charge in [-0.15, -0.1) is 16.4 Å². The lowest BCUT2D eigenvalue weighted by Gasteiger charge is -2.02. The van der Waals surface area contributed by atoms with E-state index in [0.29, 0.717) is 21.5 Å². The van der Waals surface area contributed by atoms with Gasteiger partial charge in [0.25, 0.3) is 0 Å². The zero-order valence-electron chi connectivity index (χ0n) is 15.4. The van der Waals surface area contributed by atoms with E-state index < -0.39 is 0 Å². The molecule has 142 valence electrons. The Bertz CT molecular complexity index is 1050. The van der Waals surface area contributed by atoms with Crippen LogP contribution in [-0.4, -0.2) is 26.8 Å². The van der Waals surface area contributed by atoms with Crippen molar-refractivity contribution < 1.29 is 4.79 Å². The van der Waals surface area contributed by atoms with Gasteiger partial charge < -0.3 is 5.32 Å². The SMILES string of the molecule is CCc1ccc(-c2nc(SCC(=O)Nc3sc4c(c3C#N)CCC4)n[nH]2)cc1. The highest BCUT2D eigenvalue weighted by atomic mass is 32.2. The van der Waals surface area contributed by atoms with E-state index in [-0.39, 0.29) is 11.7 Å². The van der Waals surface area contributed by atoms with Gasteiger partial charge in [-0.2, -0.15) is 5.26 Å². The highest BCUT2D eigenvalue weighted by molar-refractivity contribution is 7.99. The number of amides is 1. The van der Waals surface area contributed by atoms with Gasteiger partial charge in [-0.25, -0.2) is 4.98 Å². The summed E-state index contributed by atoms with van der Waals surface area (Å²) in [5.41, 5.74) is 3.98. The fourth-order valence-electron chi connectivity index (χ4n) is 3.24. The molecule has 0 bridgehead atoms. The number of anilines is 1. The molecule has 3 aromatic rings. The first-order valence-electron chi connectivity index (χ1n) is 9.17. The number of fused-ring (bicyclic) bond motifs is 1. The maximum Gasteiger partial charge on any atom is 0.235 e. The predicted octanol–water partition coefficient (Wildman–Crippen LogP) is 4.19. The molecule has 1 aliphatic rings. The second kappa shape index (κ2) is 8.17. The van der Waals surface area contributed by atoms with Crippen molar-refractivity contribution >= 4 is 34.0 Å². The van der Waals surface area contributed by atoms with Gasteiger partial charge in [0, 0.05) is 10.4 Å². The van der Waals surface area contributed by atoms with Crippen LogP contribution in [0.15, 0.2) is 29.4 Å². The summed E-state index contributed by atoms with van der Waals surface area (Å²) in [5, 5.41) is 20.6. The molecule has 4 rings (SSSR count). The first-order valence-corrected chi connectivity index (χ1v) is 11.0. The van der Waals surface area contributed by atoms with E-state index in [1.165, 1.54) is 33.5 Å². The molecular formula is C20H19N5OS2. The number of rotatable bonds is 6. The number of aromatic amines is 1.